The zero-order chi connectivity index (χ0) is 19.6. The van der Waals surface area contributed by atoms with E-state index in [2.05, 4.69) is 5.32 Å². The maximum Gasteiger partial charge on any atom is 0.268 e. The number of fused-ring (bicyclic) bond motifs is 1. The van der Waals surface area contributed by atoms with Crippen LogP contribution in [0.5, 0.6) is 5.75 Å². The number of methoxy groups -OCH3 is 1. The number of rotatable bonds is 6. The van der Waals surface area contributed by atoms with Crippen molar-refractivity contribution in [2.75, 3.05) is 13.7 Å². The monoisotopic (exact) mass is 386 g/mol. The molecule has 0 unspecified atom stereocenters. The van der Waals surface area contributed by atoms with Crippen LogP contribution in [0.1, 0.15) is 18.1 Å². The molecule has 1 aromatic heterocycles. The van der Waals surface area contributed by atoms with Gasteiger partial charge < -0.3 is 10.1 Å². The van der Waals surface area contributed by atoms with E-state index in [4.69, 9.17) is 4.74 Å². The molecule has 3 rings (SSSR count). The molecule has 142 valence electrons. The summed E-state index contributed by atoms with van der Waals surface area (Å²) in [6, 6.07) is 12.1. The molecule has 27 heavy (non-hydrogen) atoms. The average molecular weight is 386 g/mol. The summed E-state index contributed by atoms with van der Waals surface area (Å²) in [6.45, 7) is 3.79. The van der Waals surface area contributed by atoms with Gasteiger partial charge in [0.1, 0.15) is 5.75 Å². The summed E-state index contributed by atoms with van der Waals surface area (Å²) in [5.74, 6) is 0.525. The van der Waals surface area contributed by atoms with Gasteiger partial charge in [0.2, 0.25) is 5.91 Å². The van der Waals surface area contributed by atoms with E-state index in [1.165, 1.54) is 10.9 Å². The first-order valence-corrected chi connectivity index (χ1v) is 10.0. The van der Waals surface area contributed by atoms with Crippen LogP contribution < -0.4 is 10.1 Å². The number of aryl methyl sites for hydroxylation is 1. The molecule has 0 atom stereocenters. The molecule has 1 heterocycles. The van der Waals surface area contributed by atoms with Gasteiger partial charge in [-0.3, -0.25) is 4.79 Å². The van der Waals surface area contributed by atoms with Crippen molar-refractivity contribution in [2.24, 2.45) is 0 Å². The van der Waals surface area contributed by atoms with Crippen molar-refractivity contribution in [2.45, 2.75) is 25.2 Å². The van der Waals surface area contributed by atoms with Gasteiger partial charge in [-0.25, -0.2) is 12.4 Å². The van der Waals surface area contributed by atoms with Crippen LogP contribution >= 0.6 is 0 Å². The smallest absolute Gasteiger partial charge is 0.268 e. The van der Waals surface area contributed by atoms with Gasteiger partial charge in [-0.2, -0.15) is 0 Å². The molecule has 0 spiro atoms. The van der Waals surface area contributed by atoms with Crippen LogP contribution in [-0.4, -0.2) is 32.0 Å². The topological polar surface area (TPSA) is 77.4 Å². The summed E-state index contributed by atoms with van der Waals surface area (Å²) in [5, 5.41) is 3.53. The van der Waals surface area contributed by atoms with Crippen molar-refractivity contribution in [1.29, 1.82) is 0 Å². The summed E-state index contributed by atoms with van der Waals surface area (Å²) in [7, 11) is -2.17. The van der Waals surface area contributed by atoms with Gasteiger partial charge in [-0.1, -0.05) is 17.7 Å². The first-order valence-electron chi connectivity index (χ1n) is 8.57. The van der Waals surface area contributed by atoms with E-state index >= 15 is 0 Å². The molecule has 0 fully saturated rings. The van der Waals surface area contributed by atoms with E-state index in [-0.39, 0.29) is 10.8 Å². The molecule has 1 N–H and O–H groups in total. The Hall–Kier alpha value is -2.80. The predicted octanol–water partition coefficient (Wildman–Crippen LogP) is 2.87. The molecule has 1 amide bonds. The third kappa shape index (κ3) is 3.83. The molecule has 0 radical (unpaired) electrons. The fourth-order valence-corrected chi connectivity index (χ4v) is 4.36. The van der Waals surface area contributed by atoms with Crippen molar-refractivity contribution in [3.05, 3.63) is 59.8 Å². The second kappa shape index (κ2) is 7.44. The highest BCUT2D eigenvalue weighted by Gasteiger charge is 2.21. The number of hydrogen-bond donors (Lipinski definition) is 1. The first-order chi connectivity index (χ1) is 12.8. The highest BCUT2D eigenvalue weighted by molar-refractivity contribution is 7.90. The Kier molecular flexibility index (Phi) is 5.23. The Morgan fingerprint density at radius 1 is 1.15 bits per heavy atom. The van der Waals surface area contributed by atoms with Crippen LogP contribution in [0, 0.1) is 6.92 Å². The van der Waals surface area contributed by atoms with Gasteiger partial charge in [-0.15, -0.1) is 0 Å². The Labute approximate surface area is 158 Å². The lowest BCUT2D eigenvalue weighted by atomic mass is 10.1. The molecule has 0 aliphatic rings. The minimum atomic E-state index is -3.73. The Balaban J connectivity index is 2.12. The number of nitrogens with one attached hydrogen (secondary N) is 1. The van der Waals surface area contributed by atoms with Crippen LogP contribution in [0.15, 0.2) is 53.6 Å². The number of benzene rings is 2. The van der Waals surface area contributed by atoms with E-state index in [1.54, 1.807) is 49.7 Å². The minimum Gasteiger partial charge on any atom is -0.497 e. The highest BCUT2D eigenvalue weighted by atomic mass is 32.2. The molecule has 3 aromatic rings. The number of carbonyl (C=O) groups excluding carboxylic acids is 1. The lowest BCUT2D eigenvalue weighted by molar-refractivity contribution is -0.118. The van der Waals surface area contributed by atoms with Crippen LogP contribution in [0.2, 0.25) is 0 Å². The van der Waals surface area contributed by atoms with E-state index in [1.807, 2.05) is 13.0 Å². The summed E-state index contributed by atoms with van der Waals surface area (Å²) in [4.78, 5) is 11.4. The summed E-state index contributed by atoms with van der Waals surface area (Å²) in [5.41, 5.74) is 2.40. The highest BCUT2D eigenvalue weighted by Crippen LogP contribution is 2.29. The Morgan fingerprint density at radius 3 is 2.48 bits per heavy atom. The Bertz CT molecular complexity index is 1080. The quantitative estimate of drug-likeness (QED) is 0.707. The first kappa shape index (κ1) is 19.0. The second-order valence-corrected chi connectivity index (χ2v) is 8.20. The van der Waals surface area contributed by atoms with Crippen LogP contribution in [-0.2, 0) is 21.2 Å². The minimum absolute atomic E-state index is 0.122. The number of nitrogens with zero attached hydrogens (tertiary/aromatic N) is 1. The normalized spacial score (nSPS) is 11.5. The molecule has 7 heteroatoms. The molecule has 6 nitrogen and oxygen atoms in total. The number of aromatic nitrogens is 1. The zero-order valence-electron chi connectivity index (χ0n) is 15.5. The molecular formula is C20H22N2O4S. The maximum atomic E-state index is 13.2. The SMILES string of the molecule is COc1ccc2c(c1)c(CCNC(C)=O)cn2S(=O)(=O)c1ccc(C)cc1. The second-order valence-electron chi connectivity index (χ2n) is 6.38. The summed E-state index contributed by atoms with van der Waals surface area (Å²) in [6.07, 6.45) is 2.14. The molecule has 2 aromatic carbocycles. The maximum absolute atomic E-state index is 13.2. The van der Waals surface area contributed by atoms with E-state index in [0.29, 0.717) is 24.2 Å². The molecule has 0 bridgehead atoms. The summed E-state index contributed by atoms with van der Waals surface area (Å²) >= 11 is 0. The third-order valence-corrected chi connectivity index (χ3v) is 6.09. The van der Waals surface area contributed by atoms with Gasteiger partial charge in [0.25, 0.3) is 10.0 Å². The van der Waals surface area contributed by atoms with Gasteiger partial charge in [0.05, 0.1) is 17.5 Å². The number of ether oxygens (including phenoxy) is 1. The standard InChI is InChI=1S/C20H22N2O4S/c1-14-4-7-18(8-5-14)27(24,25)22-13-16(10-11-21-15(2)23)19-12-17(26-3)6-9-20(19)22/h4-9,12-13H,10-11H2,1-3H3,(H,21,23). The van der Waals surface area contributed by atoms with Crippen molar-refractivity contribution in [3.63, 3.8) is 0 Å². The van der Waals surface area contributed by atoms with Gasteiger partial charge >= 0.3 is 0 Å². The lowest BCUT2D eigenvalue weighted by Crippen LogP contribution is -2.22. The molecule has 0 aliphatic carbocycles. The van der Waals surface area contributed by atoms with Crippen molar-refractivity contribution >= 4 is 26.8 Å². The van der Waals surface area contributed by atoms with Crippen molar-refractivity contribution in [1.82, 2.24) is 9.29 Å². The Morgan fingerprint density at radius 2 is 1.85 bits per heavy atom. The van der Waals surface area contributed by atoms with Crippen LogP contribution in [0.25, 0.3) is 10.9 Å². The summed E-state index contributed by atoms with van der Waals surface area (Å²) < 4.78 is 32.9. The third-order valence-electron chi connectivity index (χ3n) is 4.41. The number of carbonyl (C=O) groups is 1. The fourth-order valence-electron chi connectivity index (χ4n) is 2.97. The van der Waals surface area contributed by atoms with Crippen LogP contribution in [0.3, 0.4) is 0 Å². The van der Waals surface area contributed by atoms with E-state index in [9.17, 15) is 13.2 Å². The van der Waals surface area contributed by atoms with Gasteiger partial charge in [-0.05, 0) is 49.2 Å². The number of hydrogen-bond acceptors (Lipinski definition) is 4. The predicted molar refractivity (Wildman–Crippen MR) is 105 cm³/mol. The van der Waals surface area contributed by atoms with E-state index in [0.717, 1.165) is 16.5 Å². The van der Waals surface area contributed by atoms with E-state index < -0.39 is 10.0 Å². The molecule has 0 aliphatic heterocycles. The van der Waals surface area contributed by atoms with Crippen molar-refractivity contribution in [3.8, 4) is 5.75 Å². The largest absolute Gasteiger partial charge is 0.497 e. The van der Waals surface area contributed by atoms with Gasteiger partial charge in [0, 0.05) is 25.1 Å². The molecule has 0 saturated heterocycles. The molecular weight excluding hydrogens is 364 g/mol. The van der Waals surface area contributed by atoms with Crippen molar-refractivity contribution < 1.29 is 17.9 Å². The van der Waals surface area contributed by atoms with Gasteiger partial charge in [0.15, 0.2) is 0 Å². The average Bonchev–Trinajstić information content (AvgIpc) is 3.00. The van der Waals surface area contributed by atoms with Crippen LogP contribution in [0.4, 0.5) is 0 Å². The molecule has 0 saturated carbocycles. The lowest BCUT2D eigenvalue weighted by Gasteiger charge is -2.08. The zero-order valence-corrected chi connectivity index (χ0v) is 16.3. The number of amides is 1. The fraction of sp³-hybridized carbons (Fsp3) is 0.250.